The Kier molecular flexibility index (Phi) is 5.01. The second-order valence-electron chi connectivity index (χ2n) is 7.17. The average Bonchev–Trinajstić information content (AvgIpc) is 2.73. The Morgan fingerprint density at radius 1 is 1.15 bits per heavy atom. The first-order valence-corrected chi connectivity index (χ1v) is 9.61. The molecular formula is C21H23N5O. The van der Waals surface area contributed by atoms with Gasteiger partial charge in [0.1, 0.15) is 17.3 Å². The molecule has 1 saturated heterocycles. The van der Waals surface area contributed by atoms with Gasteiger partial charge >= 0.3 is 0 Å². The lowest BCUT2D eigenvalue weighted by Gasteiger charge is -2.33. The lowest BCUT2D eigenvalue weighted by molar-refractivity contribution is 0.0940. The minimum absolute atomic E-state index is 0.104. The zero-order valence-electron chi connectivity index (χ0n) is 15.3. The summed E-state index contributed by atoms with van der Waals surface area (Å²) in [5.41, 5.74) is 2.72. The molecule has 0 radical (unpaired) electrons. The molecule has 2 aliphatic rings. The number of nitrogens with one attached hydrogen (secondary N) is 1. The third-order valence-corrected chi connectivity index (χ3v) is 5.36. The highest BCUT2D eigenvalue weighted by atomic mass is 16.1. The summed E-state index contributed by atoms with van der Waals surface area (Å²) in [4.78, 5) is 24.1. The van der Waals surface area contributed by atoms with Crippen molar-refractivity contribution >= 4 is 11.7 Å². The van der Waals surface area contributed by atoms with Crippen molar-refractivity contribution < 1.29 is 4.79 Å². The van der Waals surface area contributed by atoms with Crippen molar-refractivity contribution in [2.75, 3.05) is 24.5 Å². The zero-order chi connectivity index (χ0) is 18.6. The highest BCUT2D eigenvalue weighted by molar-refractivity contribution is 5.96. The standard InChI is InChI=1S/C21H23N5O/c22-14-16-9-12-26(13-10-16)20-17-8-11-23-21(27)19(17)24-18(25-20)7-6-15-4-2-1-3-5-15/h1-5,16H,6-13H2,(H,23,27). The van der Waals surface area contributed by atoms with E-state index in [0.29, 0.717) is 24.5 Å². The lowest BCUT2D eigenvalue weighted by atomic mass is 9.97. The number of benzene rings is 1. The summed E-state index contributed by atoms with van der Waals surface area (Å²) in [5, 5.41) is 12.0. The number of aromatic nitrogens is 2. The molecule has 1 fully saturated rings. The summed E-state index contributed by atoms with van der Waals surface area (Å²) >= 11 is 0. The molecule has 4 rings (SSSR count). The van der Waals surface area contributed by atoms with Crippen LogP contribution in [0.25, 0.3) is 0 Å². The Balaban J connectivity index is 1.62. The van der Waals surface area contributed by atoms with Crippen molar-refractivity contribution in [2.45, 2.75) is 32.1 Å². The van der Waals surface area contributed by atoms with E-state index in [2.05, 4.69) is 33.4 Å². The van der Waals surface area contributed by atoms with Crippen LogP contribution in [0.2, 0.25) is 0 Å². The summed E-state index contributed by atoms with van der Waals surface area (Å²) in [6, 6.07) is 12.6. The van der Waals surface area contributed by atoms with Crippen molar-refractivity contribution in [3.8, 4) is 6.07 Å². The van der Waals surface area contributed by atoms with Gasteiger partial charge < -0.3 is 10.2 Å². The normalized spacial score (nSPS) is 17.1. The molecule has 1 N–H and O–H groups in total. The van der Waals surface area contributed by atoms with Crippen LogP contribution in [0.5, 0.6) is 0 Å². The first kappa shape index (κ1) is 17.5. The topological polar surface area (TPSA) is 81.9 Å². The van der Waals surface area contributed by atoms with Crippen LogP contribution >= 0.6 is 0 Å². The predicted molar refractivity (Wildman–Crippen MR) is 102 cm³/mol. The summed E-state index contributed by atoms with van der Waals surface area (Å²) in [5.74, 6) is 1.63. The quantitative estimate of drug-likeness (QED) is 0.903. The van der Waals surface area contributed by atoms with E-state index in [1.165, 1.54) is 5.56 Å². The number of carbonyl (C=O) groups excluding carboxylic acids is 1. The fourth-order valence-corrected chi connectivity index (χ4v) is 3.81. The molecule has 0 saturated carbocycles. The molecule has 0 spiro atoms. The molecule has 0 aliphatic carbocycles. The van der Waals surface area contributed by atoms with E-state index in [1.807, 2.05) is 18.2 Å². The fourth-order valence-electron chi connectivity index (χ4n) is 3.81. The highest BCUT2D eigenvalue weighted by Gasteiger charge is 2.28. The highest BCUT2D eigenvalue weighted by Crippen LogP contribution is 2.28. The van der Waals surface area contributed by atoms with Gasteiger partial charge in [-0.25, -0.2) is 9.97 Å². The van der Waals surface area contributed by atoms with E-state index in [1.54, 1.807) is 0 Å². The summed E-state index contributed by atoms with van der Waals surface area (Å²) in [6.45, 7) is 2.24. The number of rotatable bonds is 4. The molecule has 0 atom stereocenters. The van der Waals surface area contributed by atoms with Crippen LogP contribution in [0.3, 0.4) is 0 Å². The Morgan fingerprint density at radius 3 is 2.67 bits per heavy atom. The number of piperidine rings is 1. The monoisotopic (exact) mass is 361 g/mol. The van der Waals surface area contributed by atoms with Crippen LogP contribution in [0.1, 0.15) is 40.3 Å². The third-order valence-electron chi connectivity index (χ3n) is 5.36. The molecule has 6 heteroatoms. The smallest absolute Gasteiger partial charge is 0.270 e. The van der Waals surface area contributed by atoms with Gasteiger partial charge in [0.2, 0.25) is 0 Å². The maximum atomic E-state index is 12.4. The molecule has 1 aromatic carbocycles. The molecule has 1 amide bonds. The Bertz CT molecular complexity index is 866. The maximum Gasteiger partial charge on any atom is 0.270 e. The molecule has 6 nitrogen and oxygen atoms in total. The third kappa shape index (κ3) is 3.77. The van der Waals surface area contributed by atoms with E-state index in [9.17, 15) is 4.79 Å². The van der Waals surface area contributed by atoms with Crippen molar-refractivity contribution in [1.29, 1.82) is 5.26 Å². The number of aryl methyl sites for hydroxylation is 2. The first-order chi connectivity index (χ1) is 13.2. The van der Waals surface area contributed by atoms with E-state index in [4.69, 9.17) is 10.2 Å². The van der Waals surface area contributed by atoms with Gasteiger partial charge in [0.25, 0.3) is 5.91 Å². The molecule has 2 aromatic rings. The van der Waals surface area contributed by atoms with Gasteiger partial charge in [-0.05, 0) is 31.2 Å². The van der Waals surface area contributed by atoms with Crippen LogP contribution < -0.4 is 10.2 Å². The average molecular weight is 361 g/mol. The minimum Gasteiger partial charge on any atom is -0.356 e. The molecule has 1 aromatic heterocycles. The first-order valence-electron chi connectivity index (χ1n) is 9.61. The second-order valence-corrected chi connectivity index (χ2v) is 7.17. The molecule has 0 unspecified atom stereocenters. The Hall–Kier alpha value is -2.94. The maximum absolute atomic E-state index is 12.4. The zero-order valence-corrected chi connectivity index (χ0v) is 15.3. The van der Waals surface area contributed by atoms with Crippen molar-refractivity contribution in [3.63, 3.8) is 0 Å². The number of carbonyl (C=O) groups is 1. The molecule has 3 heterocycles. The van der Waals surface area contributed by atoms with E-state index in [-0.39, 0.29) is 11.8 Å². The predicted octanol–water partition coefficient (Wildman–Crippen LogP) is 2.29. The summed E-state index contributed by atoms with van der Waals surface area (Å²) in [7, 11) is 0. The van der Waals surface area contributed by atoms with Crippen LogP contribution in [-0.2, 0) is 19.3 Å². The van der Waals surface area contributed by atoms with E-state index >= 15 is 0 Å². The molecule has 27 heavy (non-hydrogen) atoms. The van der Waals surface area contributed by atoms with Gasteiger partial charge in [0.15, 0.2) is 0 Å². The number of amides is 1. The number of nitrogens with zero attached hydrogens (tertiary/aromatic N) is 4. The van der Waals surface area contributed by atoms with Gasteiger partial charge in [-0.1, -0.05) is 30.3 Å². The number of nitriles is 1. The van der Waals surface area contributed by atoms with Crippen LogP contribution in [0.15, 0.2) is 30.3 Å². The second kappa shape index (κ2) is 7.75. The van der Waals surface area contributed by atoms with E-state index in [0.717, 1.165) is 50.2 Å². The summed E-state index contributed by atoms with van der Waals surface area (Å²) < 4.78 is 0. The van der Waals surface area contributed by atoms with Crippen molar-refractivity contribution in [2.24, 2.45) is 5.92 Å². The van der Waals surface area contributed by atoms with Gasteiger partial charge in [0.05, 0.1) is 6.07 Å². The summed E-state index contributed by atoms with van der Waals surface area (Å²) in [6.07, 6.45) is 4.00. The van der Waals surface area contributed by atoms with E-state index < -0.39 is 0 Å². The number of fused-ring (bicyclic) bond motifs is 1. The van der Waals surface area contributed by atoms with Crippen LogP contribution in [0.4, 0.5) is 5.82 Å². The van der Waals surface area contributed by atoms with Gasteiger partial charge in [-0.15, -0.1) is 0 Å². The SMILES string of the molecule is N#CC1CCN(c2nc(CCc3ccccc3)nc3c2CCNC3=O)CC1. The van der Waals surface area contributed by atoms with Crippen LogP contribution in [0, 0.1) is 17.2 Å². The largest absolute Gasteiger partial charge is 0.356 e. The number of anilines is 1. The molecular weight excluding hydrogens is 338 g/mol. The van der Waals surface area contributed by atoms with Gasteiger partial charge in [-0.3, -0.25) is 4.79 Å². The van der Waals surface area contributed by atoms with Crippen molar-refractivity contribution in [1.82, 2.24) is 15.3 Å². The Morgan fingerprint density at radius 2 is 1.93 bits per heavy atom. The fraction of sp³-hybridized carbons (Fsp3) is 0.429. The van der Waals surface area contributed by atoms with Crippen molar-refractivity contribution in [3.05, 3.63) is 53.0 Å². The Labute approximate surface area is 159 Å². The lowest BCUT2D eigenvalue weighted by Crippen LogP contribution is -2.39. The van der Waals surface area contributed by atoms with Gasteiger partial charge in [-0.2, -0.15) is 5.26 Å². The van der Waals surface area contributed by atoms with Gasteiger partial charge in [0, 0.05) is 37.5 Å². The number of hydrogen-bond donors (Lipinski definition) is 1. The minimum atomic E-state index is -0.104. The van der Waals surface area contributed by atoms with Crippen LogP contribution in [-0.4, -0.2) is 35.5 Å². The molecule has 2 aliphatic heterocycles. The number of hydrogen-bond acceptors (Lipinski definition) is 5. The molecule has 138 valence electrons. The molecule has 0 bridgehead atoms.